The van der Waals surface area contributed by atoms with Crippen molar-refractivity contribution in [3.63, 3.8) is 0 Å². The Bertz CT molecular complexity index is 327. The summed E-state index contributed by atoms with van der Waals surface area (Å²) in [6.07, 6.45) is 0. The van der Waals surface area contributed by atoms with E-state index < -0.39 is 0 Å². The van der Waals surface area contributed by atoms with Crippen LogP contribution < -0.4 is 5.73 Å². The zero-order valence-corrected chi connectivity index (χ0v) is 9.29. The number of nitrogens with two attached hydrogens (primary N) is 1. The summed E-state index contributed by atoms with van der Waals surface area (Å²) in [6, 6.07) is 4.78. The Balaban J connectivity index is 2.68. The molecule has 1 aromatic carbocycles. The Hall–Kier alpha value is -0.480. The number of nitrogen functional groups attached to an aromatic ring is 1. The lowest BCUT2D eigenvalue weighted by Gasteiger charge is -2.01. The van der Waals surface area contributed by atoms with Gasteiger partial charge in [-0.05, 0) is 22.7 Å². The molecule has 0 aromatic heterocycles. The molecule has 0 amide bonds. The van der Waals surface area contributed by atoms with Gasteiger partial charge in [-0.2, -0.15) is 0 Å². The Morgan fingerprint density at radius 3 is 2.85 bits per heavy atom. The third-order valence-electron chi connectivity index (χ3n) is 1.37. The van der Waals surface area contributed by atoms with Gasteiger partial charge in [-0.25, -0.2) is 4.39 Å². The maximum absolute atomic E-state index is 12.9. The molecule has 0 aliphatic rings. The van der Waals surface area contributed by atoms with Crippen molar-refractivity contribution in [2.24, 2.45) is 0 Å². The molecular weight excluding hydrogens is 253 g/mol. The number of anilines is 1. The number of halogens is 2. The first-order valence-electron chi connectivity index (χ1n) is 3.60. The molecule has 0 saturated heterocycles. The van der Waals surface area contributed by atoms with Crippen molar-refractivity contribution in [1.82, 2.24) is 0 Å². The van der Waals surface area contributed by atoms with E-state index in [0.717, 1.165) is 15.1 Å². The van der Waals surface area contributed by atoms with Crippen molar-refractivity contribution in [3.05, 3.63) is 35.1 Å². The number of rotatable bonds is 3. The van der Waals surface area contributed by atoms with Gasteiger partial charge in [-0.3, -0.25) is 0 Å². The molecule has 0 unspecified atom stereocenters. The van der Waals surface area contributed by atoms with Gasteiger partial charge in [0.1, 0.15) is 5.82 Å². The summed E-state index contributed by atoms with van der Waals surface area (Å²) >= 11 is 4.74. The van der Waals surface area contributed by atoms with Crippen molar-refractivity contribution in [1.29, 1.82) is 0 Å². The Morgan fingerprint density at radius 2 is 2.31 bits per heavy atom. The van der Waals surface area contributed by atoms with Crippen LogP contribution in [-0.2, 0) is 0 Å². The van der Waals surface area contributed by atoms with Crippen molar-refractivity contribution >= 4 is 33.4 Å². The van der Waals surface area contributed by atoms with E-state index in [-0.39, 0.29) is 11.5 Å². The second-order valence-corrected chi connectivity index (χ2v) is 4.66. The molecule has 13 heavy (non-hydrogen) atoms. The van der Waals surface area contributed by atoms with Crippen LogP contribution in [0.2, 0.25) is 0 Å². The molecule has 0 spiro atoms. The van der Waals surface area contributed by atoms with Crippen LogP contribution in [0.1, 0.15) is 0 Å². The molecule has 4 heteroatoms. The molecule has 1 aromatic rings. The molecule has 1 nitrogen and oxygen atoms in total. The molecule has 0 saturated carbocycles. The molecule has 1 rings (SSSR count). The third kappa shape index (κ3) is 3.40. The predicted octanol–water partition coefficient (Wildman–Crippen LogP) is 3.41. The van der Waals surface area contributed by atoms with Gasteiger partial charge in [0.15, 0.2) is 0 Å². The average molecular weight is 262 g/mol. The largest absolute Gasteiger partial charge is 0.396 e. The minimum atomic E-state index is -0.370. The number of thioether (sulfide) groups is 1. The number of benzene rings is 1. The zero-order valence-electron chi connectivity index (χ0n) is 6.89. The zero-order chi connectivity index (χ0) is 9.84. The minimum absolute atomic E-state index is 0.182. The predicted molar refractivity (Wildman–Crippen MR) is 59.6 cm³/mol. The summed E-state index contributed by atoms with van der Waals surface area (Å²) in [5.41, 5.74) is 5.52. The topological polar surface area (TPSA) is 26.0 Å². The van der Waals surface area contributed by atoms with E-state index in [0.29, 0.717) is 0 Å². The third-order valence-corrected chi connectivity index (χ3v) is 3.10. The summed E-state index contributed by atoms with van der Waals surface area (Å²) in [5.74, 6) is 0.355. The maximum atomic E-state index is 12.9. The number of hydrogen-bond donors (Lipinski definition) is 1. The second-order valence-electron chi connectivity index (χ2n) is 2.49. The molecule has 0 aliphatic heterocycles. The fraction of sp³-hybridized carbons (Fsp3) is 0.111. The smallest absolute Gasteiger partial charge is 0.147 e. The molecule has 0 atom stereocenters. The van der Waals surface area contributed by atoms with E-state index in [9.17, 15) is 4.39 Å². The molecule has 0 heterocycles. The summed E-state index contributed by atoms with van der Waals surface area (Å²) in [5, 5.41) is 0. The van der Waals surface area contributed by atoms with Crippen LogP contribution in [0, 0.1) is 5.82 Å². The normalized spacial score (nSPS) is 10.0. The molecule has 0 aliphatic carbocycles. The van der Waals surface area contributed by atoms with Gasteiger partial charge in [-0.1, -0.05) is 22.5 Å². The Kier molecular flexibility index (Phi) is 3.81. The molecule has 70 valence electrons. The van der Waals surface area contributed by atoms with Crippen molar-refractivity contribution in [2.75, 3.05) is 11.5 Å². The monoisotopic (exact) mass is 261 g/mol. The van der Waals surface area contributed by atoms with Crippen molar-refractivity contribution in [2.45, 2.75) is 4.90 Å². The summed E-state index contributed by atoms with van der Waals surface area (Å²) < 4.78 is 13.8. The lowest BCUT2D eigenvalue weighted by Crippen LogP contribution is -1.89. The summed E-state index contributed by atoms with van der Waals surface area (Å²) in [7, 11) is 0. The van der Waals surface area contributed by atoms with Gasteiger partial charge in [0.25, 0.3) is 0 Å². The van der Waals surface area contributed by atoms with E-state index in [1.165, 1.54) is 17.8 Å². The number of hydrogen-bond acceptors (Lipinski definition) is 2. The maximum Gasteiger partial charge on any atom is 0.147 e. The van der Waals surface area contributed by atoms with Crippen LogP contribution in [0.4, 0.5) is 10.1 Å². The van der Waals surface area contributed by atoms with Gasteiger partial charge in [0, 0.05) is 10.6 Å². The highest BCUT2D eigenvalue weighted by Crippen LogP contribution is 2.24. The summed E-state index contributed by atoms with van der Waals surface area (Å²) in [6.45, 7) is 3.69. The fourth-order valence-electron chi connectivity index (χ4n) is 0.759. The fourth-order valence-corrected chi connectivity index (χ4v) is 1.78. The molecule has 0 radical (unpaired) electrons. The lowest BCUT2D eigenvalue weighted by molar-refractivity contribution is 0.629. The van der Waals surface area contributed by atoms with E-state index in [1.54, 1.807) is 12.1 Å². The van der Waals surface area contributed by atoms with E-state index in [1.807, 2.05) is 0 Å². The standard InChI is InChI=1S/C9H9BrFNS/c1-6(10)5-13-7-2-3-9(12)8(11)4-7/h2-4H,1,5,12H2. The van der Waals surface area contributed by atoms with E-state index in [2.05, 4.69) is 22.5 Å². The lowest BCUT2D eigenvalue weighted by atomic mass is 10.3. The van der Waals surface area contributed by atoms with Crippen LogP contribution >= 0.6 is 27.7 Å². The minimum Gasteiger partial charge on any atom is -0.396 e. The highest BCUT2D eigenvalue weighted by molar-refractivity contribution is 9.11. The van der Waals surface area contributed by atoms with E-state index in [4.69, 9.17) is 5.73 Å². The first-order chi connectivity index (χ1) is 6.09. The van der Waals surface area contributed by atoms with Gasteiger partial charge in [0.05, 0.1) is 5.69 Å². The Labute approximate surface area is 89.3 Å². The molecule has 2 N–H and O–H groups in total. The highest BCUT2D eigenvalue weighted by atomic mass is 79.9. The van der Waals surface area contributed by atoms with Crippen LogP contribution in [0.25, 0.3) is 0 Å². The van der Waals surface area contributed by atoms with Crippen LogP contribution in [0.5, 0.6) is 0 Å². The summed E-state index contributed by atoms with van der Waals surface area (Å²) in [4.78, 5) is 0.854. The Morgan fingerprint density at radius 1 is 1.62 bits per heavy atom. The first-order valence-corrected chi connectivity index (χ1v) is 5.38. The highest BCUT2D eigenvalue weighted by Gasteiger charge is 2.00. The van der Waals surface area contributed by atoms with Crippen LogP contribution in [0.3, 0.4) is 0 Å². The SMILES string of the molecule is C=C(Br)CSc1ccc(N)c(F)c1. The second kappa shape index (κ2) is 4.67. The van der Waals surface area contributed by atoms with Crippen LogP contribution in [0.15, 0.2) is 34.2 Å². The van der Waals surface area contributed by atoms with Gasteiger partial charge >= 0.3 is 0 Å². The molecule has 0 bridgehead atoms. The quantitative estimate of drug-likeness (QED) is 0.667. The van der Waals surface area contributed by atoms with Crippen molar-refractivity contribution < 1.29 is 4.39 Å². The molecule has 0 fully saturated rings. The van der Waals surface area contributed by atoms with Gasteiger partial charge in [0.2, 0.25) is 0 Å². The van der Waals surface area contributed by atoms with Crippen molar-refractivity contribution in [3.8, 4) is 0 Å². The first kappa shape index (κ1) is 10.6. The van der Waals surface area contributed by atoms with E-state index >= 15 is 0 Å². The van der Waals surface area contributed by atoms with Gasteiger partial charge in [-0.15, -0.1) is 11.8 Å². The van der Waals surface area contributed by atoms with Gasteiger partial charge < -0.3 is 5.73 Å². The molecular formula is C9H9BrFNS. The average Bonchev–Trinajstić information content (AvgIpc) is 2.07. The van der Waals surface area contributed by atoms with Crippen LogP contribution in [-0.4, -0.2) is 5.75 Å².